The maximum absolute atomic E-state index is 12.3. The number of esters is 1. The van der Waals surface area contributed by atoms with Crippen LogP contribution in [0.25, 0.3) is 0 Å². The first kappa shape index (κ1) is 20.0. The van der Waals surface area contributed by atoms with Gasteiger partial charge >= 0.3 is 5.97 Å². The molecule has 2 aromatic rings. The molecule has 0 heterocycles. The van der Waals surface area contributed by atoms with Gasteiger partial charge in [0.15, 0.2) is 0 Å². The van der Waals surface area contributed by atoms with Crippen LogP contribution in [0, 0.1) is 0 Å². The molecule has 1 unspecified atom stereocenters. The van der Waals surface area contributed by atoms with Gasteiger partial charge < -0.3 is 24.3 Å². The molecule has 0 spiro atoms. The fourth-order valence-corrected chi connectivity index (χ4v) is 2.33. The quantitative estimate of drug-likeness (QED) is 0.272. The Bertz CT molecular complexity index is 708. The molecule has 0 bridgehead atoms. The van der Waals surface area contributed by atoms with Crippen molar-refractivity contribution in [3.63, 3.8) is 0 Å². The van der Waals surface area contributed by atoms with E-state index in [-0.39, 0.29) is 6.61 Å². The standard InChI is InChI=1S/C19H20NO5.Fm/c1-23-16-9-8-15(18(11-16)24-2)12-25-19(22)17(20-13-21)10-14-6-4-3-5-7-14;/h3-9,11,17H,10,12H2,1-2H3,(H,20,21);/q-1;. The Balaban J connectivity index is 0.00000338. The minimum Gasteiger partial charge on any atom is -0.520 e. The number of carbonyl (C=O) groups is 1. The Morgan fingerprint density at radius 3 is 2.46 bits per heavy atom. The molecule has 6 nitrogen and oxygen atoms in total. The van der Waals surface area contributed by atoms with E-state index in [1.165, 1.54) is 7.11 Å². The average Bonchev–Trinajstić information content (AvgIpc) is 2.66. The van der Waals surface area contributed by atoms with Gasteiger partial charge in [0.1, 0.15) is 24.1 Å². The summed E-state index contributed by atoms with van der Waals surface area (Å²) in [5.41, 5.74) is 1.61. The summed E-state index contributed by atoms with van der Waals surface area (Å²) < 4.78 is 15.7. The molecule has 2 rings (SSSR count). The van der Waals surface area contributed by atoms with Crippen LogP contribution in [0.4, 0.5) is 0 Å². The number of hydrogen-bond donors (Lipinski definition) is 1. The minimum absolute atomic E-state index is 0. The van der Waals surface area contributed by atoms with Crippen LogP contribution in [-0.4, -0.2) is 32.6 Å². The molecule has 1 N–H and O–H groups in total. The molecule has 0 radical (unpaired) electrons. The van der Waals surface area contributed by atoms with Crippen LogP contribution >= 0.6 is 0 Å². The van der Waals surface area contributed by atoms with Crippen LogP contribution in [0.3, 0.4) is 0 Å². The maximum atomic E-state index is 12.3. The summed E-state index contributed by atoms with van der Waals surface area (Å²) in [4.78, 5) is 23.0. The van der Waals surface area contributed by atoms with Crippen molar-refractivity contribution in [3.8, 4) is 11.5 Å². The van der Waals surface area contributed by atoms with Gasteiger partial charge in [-0.15, -0.1) is 0 Å². The van der Waals surface area contributed by atoms with E-state index in [4.69, 9.17) is 14.2 Å². The molecule has 26 heavy (non-hydrogen) atoms. The van der Waals surface area contributed by atoms with Crippen LogP contribution in [0.1, 0.15) is 11.1 Å². The molecule has 0 aliphatic rings. The van der Waals surface area contributed by atoms with E-state index in [0.29, 0.717) is 23.5 Å². The Kier molecular flexibility index (Phi) is 7.68. The summed E-state index contributed by atoms with van der Waals surface area (Å²) in [5, 5.41) is 2.38. The fourth-order valence-electron chi connectivity index (χ4n) is 2.33. The topological polar surface area (TPSA) is 73.9 Å². The Hall–Kier alpha value is -4.02. The van der Waals surface area contributed by atoms with Gasteiger partial charge in [-0.1, -0.05) is 30.3 Å². The molecular formula is C19H20FmNO5-. The normalized spacial score (nSPS) is 10.8. The second-order valence-electron chi connectivity index (χ2n) is 5.27. The molecule has 0 aliphatic heterocycles. The van der Waals surface area contributed by atoms with E-state index in [1.54, 1.807) is 31.7 Å². The van der Waals surface area contributed by atoms with Gasteiger partial charge in [0.05, 0.1) is 14.2 Å². The Labute approximate surface area is 146 Å². The van der Waals surface area contributed by atoms with E-state index in [2.05, 4.69) is 5.32 Å². The van der Waals surface area contributed by atoms with E-state index >= 15 is 0 Å². The summed E-state index contributed by atoms with van der Waals surface area (Å²) in [6.45, 7) is 0.0256. The van der Waals surface area contributed by atoms with Gasteiger partial charge in [-0.25, -0.2) is 4.79 Å². The molecule has 1 atom stereocenters. The number of nitrogens with one attached hydrogen (secondary N) is 1. The van der Waals surface area contributed by atoms with Crippen molar-refractivity contribution in [2.24, 2.45) is 0 Å². The molecular weight excluding hydrogens is 579 g/mol. The Morgan fingerprint density at radius 2 is 1.85 bits per heavy atom. The van der Waals surface area contributed by atoms with Crippen LogP contribution in [0.15, 0.2) is 48.5 Å². The SMILES string of the molecule is COc1ccc(COC(=O)C(Cc2ccccc2)N[C-]=O)c(OC)c1.[Fm]. The first-order valence-electron chi connectivity index (χ1n) is 7.72. The summed E-state index contributed by atoms with van der Waals surface area (Å²) in [5.74, 6) is 0.665. The van der Waals surface area contributed by atoms with E-state index in [1.807, 2.05) is 30.3 Å². The summed E-state index contributed by atoms with van der Waals surface area (Å²) >= 11 is 0. The van der Waals surface area contributed by atoms with Gasteiger partial charge in [-0.2, -0.15) is 6.41 Å². The van der Waals surface area contributed by atoms with Crippen molar-refractivity contribution >= 4 is 12.4 Å². The third-order valence-electron chi connectivity index (χ3n) is 3.66. The summed E-state index contributed by atoms with van der Waals surface area (Å²) in [7, 11) is 3.09. The molecule has 0 saturated carbocycles. The summed E-state index contributed by atoms with van der Waals surface area (Å²) in [6.07, 6.45) is 1.89. The van der Waals surface area contributed by atoms with Crippen molar-refractivity contribution in [1.29, 1.82) is 0 Å². The number of carbonyl (C=O) groups excluding carboxylic acids is 2. The predicted molar refractivity (Wildman–Crippen MR) is 92.1 cm³/mol. The number of rotatable bonds is 9. The predicted octanol–water partition coefficient (Wildman–Crippen LogP) is 2.02. The van der Waals surface area contributed by atoms with Gasteiger partial charge in [-0.3, -0.25) is 0 Å². The molecule has 0 saturated heterocycles. The van der Waals surface area contributed by atoms with Crippen molar-refractivity contribution in [1.82, 2.24) is 5.32 Å². The summed E-state index contributed by atoms with van der Waals surface area (Å²) in [6, 6.07) is 13.8. The zero-order valence-corrected chi connectivity index (χ0v) is 16.8. The third-order valence-corrected chi connectivity index (χ3v) is 3.66. The van der Waals surface area contributed by atoms with E-state index < -0.39 is 12.0 Å². The molecule has 0 aromatic heterocycles. The van der Waals surface area contributed by atoms with Crippen molar-refractivity contribution in [3.05, 3.63) is 59.7 Å². The van der Waals surface area contributed by atoms with Gasteiger partial charge in [-0.05, 0) is 17.7 Å². The fraction of sp³-hybridized carbons (Fsp3) is 0.263. The van der Waals surface area contributed by atoms with Gasteiger partial charge in [0, 0.05) is 18.1 Å². The zero-order chi connectivity index (χ0) is 18.1. The second kappa shape index (κ2) is 9.97. The van der Waals surface area contributed by atoms with Gasteiger partial charge in [0.25, 0.3) is 0 Å². The largest absolute Gasteiger partial charge is 0.520 e. The van der Waals surface area contributed by atoms with Crippen LogP contribution in [-0.2, 0) is 27.4 Å². The molecule has 1 amide bonds. The van der Waals surface area contributed by atoms with Crippen LogP contribution in [0.5, 0.6) is 11.5 Å². The van der Waals surface area contributed by atoms with E-state index in [9.17, 15) is 9.59 Å². The number of ether oxygens (including phenoxy) is 3. The maximum Gasteiger partial charge on any atom is 0.326 e. The average molecular weight is 599 g/mol. The third kappa shape index (κ3) is 5.26. The zero-order valence-electron chi connectivity index (χ0n) is 14.4. The first-order valence-corrected chi connectivity index (χ1v) is 7.72. The minimum atomic E-state index is -0.802. The second-order valence-corrected chi connectivity index (χ2v) is 5.27. The Morgan fingerprint density at radius 1 is 1.12 bits per heavy atom. The monoisotopic (exact) mass is 599 g/mol. The molecule has 144 valence electrons. The number of benzene rings is 2. The molecule has 0 aliphatic carbocycles. The van der Waals surface area contributed by atoms with Crippen LogP contribution in [0.2, 0.25) is 0 Å². The number of methoxy groups -OCH3 is 2. The molecule has 0 fully saturated rings. The number of hydrogen-bond acceptors (Lipinski definition) is 5. The number of amides is 1. The molecule has 2 aromatic carbocycles. The first-order chi connectivity index (χ1) is 12.2. The van der Waals surface area contributed by atoms with Gasteiger partial charge in [0.2, 0.25) is 0 Å². The van der Waals surface area contributed by atoms with Crippen molar-refractivity contribution < 1.29 is 23.8 Å². The van der Waals surface area contributed by atoms with Crippen molar-refractivity contribution in [2.75, 3.05) is 14.2 Å². The van der Waals surface area contributed by atoms with Crippen LogP contribution < -0.4 is 14.8 Å². The van der Waals surface area contributed by atoms with E-state index in [0.717, 1.165) is 5.56 Å². The van der Waals surface area contributed by atoms with Crippen molar-refractivity contribution in [2.45, 2.75) is 19.1 Å². The molecule has 7 heteroatoms. The smallest absolute Gasteiger partial charge is 0.326 e.